The van der Waals surface area contributed by atoms with Gasteiger partial charge in [0, 0.05) is 27.1 Å². The number of hydrogen-bond donors (Lipinski definition) is 0. The van der Waals surface area contributed by atoms with Crippen LogP contribution in [-0.2, 0) is 0 Å². The number of para-hydroxylation sites is 8. The van der Waals surface area contributed by atoms with Gasteiger partial charge in [-0.2, -0.15) is 5.26 Å². The molecule has 2 aliphatic heterocycles. The first-order valence-corrected chi connectivity index (χ1v) is 19.4. The van der Waals surface area contributed by atoms with Crippen LogP contribution >= 0.6 is 11.6 Å². The molecule has 0 saturated carbocycles. The van der Waals surface area contributed by atoms with Gasteiger partial charge in [-0.15, -0.1) is 0 Å². The maximum Gasteiger partial charge on any atom is 0.743 e. The Balaban J connectivity index is 1.40. The molecule has 0 N–H and O–H groups in total. The largest absolute Gasteiger partial charge is 0.743 e. The minimum absolute atomic E-state index is 0.0557. The van der Waals surface area contributed by atoms with Crippen molar-refractivity contribution in [3.63, 3.8) is 0 Å². The van der Waals surface area contributed by atoms with Crippen molar-refractivity contribution in [2.45, 2.75) is 19.8 Å². The highest BCUT2D eigenvalue weighted by Crippen LogP contribution is 2.41. The van der Waals surface area contributed by atoms with Crippen LogP contribution in [0.25, 0.3) is 60.3 Å². The number of fused-ring (bicyclic) bond motifs is 5. The summed E-state index contributed by atoms with van der Waals surface area (Å²) in [5.74, 6) is 1.87. The van der Waals surface area contributed by atoms with Gasteiger partial charge in [0.2, 0.25) is 11.8 Å². The van der Waals surface area contributed by atoms with E-state index < -0.39 is 14.5 Å². The van der Waals surface area contributed by atoms with Gasteiger partial charge in [-0.3, -0.25) is 0 Å². The molecule has 0 unspecified atom stereocenters. The van der Waals surface area contributed by atoms with Crippen LogP contribution in [0, 0.1) is 17.9 Å². The van der Waals surface area contributed by atoms with E-state index in [2.05, 4.69) is 10.9 Å². The van der Waals surface area contributed by atoms with E-state index in [4.69, 9.17) is 55.6 Å². The Morgan fingerprint density at radius 2 is 1.17 bits per heavy atom. The molecule has 15 heteroatoms. The number of hydrogen-bond acceptors (Lipinski definition) is 9. The van der Waals surface area contributed by atoms with E-state index in [9.17, 15) is 5.26 Å². The lowest BCUT2D eigenvalue weighted by atomic mass is 10.0. The van der Waals surface area contributed by atoms with E-state index in [0.29, 0.717) is 88.6 Å². The van der Waals surface area contributed by atoms with Crippen molar-refractivity contribution in [3.05, 3.63) is 166 Å². The molecule has 2 aliphatic rings. The molecule has 0 spiro atoms. The Kier molecular flexibility index (Phi) is 8.05. The zero-order valence-corrected chi connectivity index (χ0v) is 32.5. The van der Waals surface area contributed by atoms with Gasteiger partial charge in [0.15, 0.2) is 11.2 Å². The first kappa shape index (κ1) is 35.4. The van der Waals surface area contributed by atoms with Gasteiger partial charge in [0.25, 0.3) is 5.70 Å². The highest BCUT2D eigenvalue weighted by atomic mass is 35.5. The lowest BCUT2D eigenvalue weighted by molar-refractivity contribution is 0.473. The lowest BCUT2D eigenvalue weighted by Gasteiger charge is -2.18. The summed E-state index contributed by atoms with van der Waals surface area (Å²) in [6.45, 7) is 12.9. The van der Waals surface area contributed by atoms with Crippen LogP contribution in [0.2, 0.25) is 5.02 Å². The zero-order chi connectivity index (χ0) is 40.6. The maximum atomic E-state index is 11.4. The van der Waals surface area contributed by atoms with E-state index in [1.165, 1.54) is 0 Å². The highest BCUT2D eigenvalue weighted by molar-refractivity contribution is 6.49. The molecule has 0 atom stereocenters. The molecule has 9 aromatic rings. The summed E-state index contributed by atoms with van der Waals surface area (Å²) in [6, 6.07) is 39.1. The monoisotopic (exact) mass is 804 g/mol. The number of rotatable bonds is 6. The van der Waals surface area contributed by atoms with E-state index in [0.717, 1.165) is 0 Å². The Morgan fingerprint density at radius 1 is 0.667 bits per heavy atom. The smallest absolute Gasteiger partial charge is 0.503 e. The van der Waals surface area contributed by atoms with Crippen molar-refractivity contribution in [3.8, 4) is 40.3 Å². The van der Waals surface area contributed by atoms with E-state index in [1.54, 1.807) is 22.7 Å². The fraction of sp³-hybridized carbons (Fsp3) is 0.0667. The molecule has 0 amide bonds. The van der Waals surface area contributed by atoms with E-state index in [1.807, 2.05) is 121 Å². The first-order chi connectivity index (χ1) is 29.4. The normalized spacial score (nSPS) is 14.0. The summed E-state index contributed by atoms with van der Waals surface area (Å²) in [5, 5.41) is 13.5. The Hall–Kier alpha value is -7.80. The average molecular weight is 805 g/mol. The van der Waals surface area contributed by atoms with Gasteiger partial charge >= 0.3 is 14.5 Å². The van der Waals surface area contributed by atoms with Gasteiger partial charge in [-0.25, -0.2) is 14.8 Å². The molecule has 0 radical (unpaired) electrons. The third kappa shape index (κ3) is 5.32. The van der Waals surface area contributed by atoms with Crippen molar-refractivity contribution in [2.75, 3.05) is 0 Å². The van der Waals surface area contributed by atoms with Crippen LogP contribution in [0.3, 0.4) is 0 Å². The SMILES string of the molecule is [C-]#[N+]/C(c1nc2ccccc2o1)=c1\c2c(C(C)C)n(B3Oc4ccccc4O3)/c(=C(/C#N)c3nc4ccccc4o3)c2c(-c2ccccc2Cl)n1B1Oc2ccccc2O1. The Labute approximate surface area is 346 Å². The average Bonchev–Trinajstić information content (AvgIpc) is 4.12. The number of aromatic nitrogens is 4. The second-order valence-corrected chi connectivity index (χ2v) is 14.9. The molecule has 0 fully saturated rings. The van der Waals surface area contributed by atoms with Crippen LogP contribution in [0.4, 0.5) is 0 Å². The van der Waals surface area contributed by atoms with Crippen LogP contribution in [0.1, 0.15) is 37.2 Å². The highest BCUT2D eigenvalue weighted by Gasteiger charge is 2.45. The van der Waals surface area contributed by atoms with E-state index >= 15 is 0 Å². The molecule has 286 valence electrons. The molecule has 6 heterocycles. The van der Waals surface area contributed by atoms with E-state index in [-0.39, 0.29) is 29.0 Å². The fourth-order valence-corrected chi connectivity index (χ4v) is 8.39. The molecule has 5 aromatic carbocycles. The van der Waals surface area contributed by atoms with Crippen molar-refractivity contribution in [2.24, 2.45) is 0 Å². The van der Waals surface area contributed by atoms with Crippen molar-refractivity contribution < 1.29 is 27.5 Å². The lowest BCUT2D eigenvalue weighted by Crippen LogP contribution is -2.45. The molecule has 60 heavy (non-hydrogen) atoms. The molecular weight excluding hydrogens is 778 g/mol. The second kappa shape index (κ2) is 13.7. The molecule has 4 aromatic heterocycles. The summed E-state index contributed by atoms with van der Waals surface area (Å²) in [5.41, 5.74) is 3.93. The van der Waals surface area contributed by atoms with Crippen LogP contribution in [0.15, 0.2) is 130 Å². The summed E-state index contributed by atoms with van der Waals surface area (Å²) in [6.07, 6.45) is 0. The minimum Gasteiger partial charge on any atom is -0.503 e. The quantitative estimate of drug-likeness (QED) is 0.120. The van der Waals surface area contributed by atoms with Gasteiger partial charge in [-0.05, 0) is 60.5 Å². The van der Waals surface area contributed by atoms with Crippen molar-refractivity contribution in [1.82, 2.24) is 18.9 Å². The third-order valence-corrected chi connectivity index (χ3v) is 10.9. The van der Waals surface area contributed by atoms with Crippen LogP contribution in [0.5, 0.6) is 23.0 Å². The van der Waals surface area contributed by atoms with Gasteiger partial charge in [-0.1, -0.05) is 92.2 Å². The van der Waals surface area contributed by atoms with Gasteiger partial charge in [0.1, 0.15) is 45.7 Å². The van der Waals surface area contributed by atoms with Crippen LogP contribution < -0.4 is 29.3 Å². The topological polar surface area (TPSA) is 127 Å². The fourth-order valence-electron chi connectivity index (χ4n) is 8.16. The number of nitriles is 1. The number of benzene rings is 5. The molecule has 0 bridgehead atoms. The van der Waals surface area contributed by atoms with Crippen molar-refractivity contribution >= 4 is 70.3 Å². The summed E-state index contributed by atoms with van der Waals surface area (Å²) in [7, 11) is -2.28. The summed E-state index contributed by atoms with van der Waals surface area (Å²) in [4.78, 5) is 13.8. The van der Waals surface area contributed by atoms with Crippen LogP contribution in [-0.4, -0.2) is 33.4 Å². The van der Waals surface area contributed by atoms with Crippen molar-refractivity contribution in [1.29, 1.82) is 5.26 Å². The minimum atomic E-state index is -1.17. The zero-order valence-electron chi connectivity index (χ0n) is 31.8. The Morgan fingerprint density at radius 3 is 1.70 bits per heavy atom. The molecule has 11 rings (SSSR count). The standard InChI is InChI=1S/C45H27B2ClN6O6/c1-25(2)40-37-38(42(53(40)46-57-33-20-10-11-21-34(33)58-46)27(24-49)44-51-29-16-6-8-18-31(29)55-44)41(26-14-4-5-15-28(26)48)54(47-59-35-22-12-13-23-36(35)60-47)43(37)39(50-3)45-52-30-17-7-9-19-32(30)56-45/h4-23,25H,1-2H3/b42-27-,43-39+. The predicted octanol–water partition coefficient (Wildman–Crippen LogP) is 8.58. The molecule has 12 nitrogen and oxygen atoms in total. The molecule has 0 saturated heterocycles. The maximum absolute atomic E-state index is 11.4. The number of oxazole rings is 2. The first-order valence-electron chi connectivity index (χ1n) is 19.1. The summed E-state index contributed by atoms with van der Waals surface area (Å²) >= 11 is 7.20. The number of nitrogens with zero attached hydrogens (tertiary/aromatic N) is 6. The van der Waals surface area contributed by atoms with Gasteiger partial charge < -0.3 is 36.4 Å². The third-order valence-electron chi connectivity index (χ3n) is 10.6. The van der Waals surface area contributed by atoms with Gasteiger partial charge in [0.05, 0.1) is 23.0 Å². The second-order valence-electron chi connectivity index (χ2n) is 14.5. The molecule has 0 aliphatic carbocycles. The molecular formula is C45H27B2ClN6O6. The summed E-state index contributed by atoms with van der Waals surface area (Å²) < 4.78 is 42.8. The predicted molar refractivity (Wildman–Crippen MR) is 227 cm³/mol. The Bertz CT molecular complexity index is 3250. The number of halogens is 1.